The number of nitrogens with one attached hydrogen (secondary N) is 2. The number of halogens is 2. The van der Waals surface area contributed by atoms with Crippen molar-refractivity contribution in [1.82, 2.24) is 4.98 Å². The molecule has 1 aromatic heterocycles. The summed E-state index contributed by atoms with van der Waals surface area (Å²) in [6.07, 6.45) is 0.947. The minimum absolute atomic E-state index is 0.130. The first-order valence-corrected chi connectivity index (χ1v) is 6.82. The number of pyridine rings is 1. The van der Waals surface area contributed by atoms with E-state index in [0.29, 0.717) is 21.7 Å². The van der Waals surface area contributed by atoms with Crippen LogP contribution in [0.15, 0.2) is 6.07 Å². The Hall–Kier alpha value is -0.750. The third kappa shape index (κ3) is 5.03. The van der Waals surface area contributed by atoms with Gasteiger partial charge in [0.25, 0.3) is 0 Å². The molecule has 4 N–H and O–H groups in total. The fraction of sp³-hybridized carbons (Fsp3) is 0.583. The quantitative estimate of drug-likeness (QED) is 0.622. The van der Waals surface area contributed by atoms with E-state index in [1.165, 1.54) is 6.92 Å². The molecule has 5 nitrogen and oxygen atoms in total. The minimum Gasteiger partial charge on any atom is -0.393 e. The lowest BCUT2D eigenvalue weighted by Gasteiger charge is -2.21. The molecule has 0 bridgehead atoms. The highest BCUT2D eigenvalue weighted by Crippen LogP contribution is 2.29. The summed E-state index contributed by atoms with van der Waals surface area (Å²) in [7, 11) is 0. The van der Waals surface area contributed by atoms with Crippen molar-refractivity contribution < 1.29 is 10.2 Å². The highest BCUT2D eigenvalue weighted by atomic mass is 35.5. The molecule has 108 valence electrons. The standard InChI is InChI=1S/C12H19Cl2N3O2/c1-3-4-15-10-8(13)5-9(14)11(17-10)16-6-12(2,19)7-18/h5,18-19H,3-4,6-7H2,1-2H3,(H2,15,16,17). The predicted molar refractivity (Wildman–Crippen MR) is 79.2 cm³/mol. The lowest BCUT2D eigenvalue weighted by atomic mass is 10.1. The van der Waals surface area contributed by atoms with Gasteiger partial charge < -0.3 is 20.8 Å². The monoisotopic (exact) mass is 307 g/mol. The summed E-state index contributed by atoms with van der Waals surface area (Å²) in [6, 6.07) is 1.59. The minimum atomic E-state index is -1.23. The molecule has 0 aromatic carbocycles. The van der Waals surface area contributed by atoms with Crippen LogP contribution in [0.1, 0.15) is 20.3 Å². The van der Waals surface area contributed by atoms with Gasteiger partial charge in [-0.2, -0.15) is 0 Å². The van der Waals surface area contributed by atoms with Crippen molar-refractivity contribution in [3.63, 3.8) is 0 Å². The van der Waals surface area contributed by atoms with Crippen LogP contribution in [-0.4, -0.2) is 40.5 Å². The SMILES string of the molecule is CCCNc1nc(NCC(C)(O)CO)c(Cl)cc1Cl. The van der Waals surface area contributed by atoms with Crippen LogP contribution in [0, 0.1) is 0 Å². The van der Waals surface area contributed by atoms with Gasteiger partial charge in [-0.1, -0.05) is 30.1 Å². The maximum absolute atomic E-state index is 9.72. The normalized spacial score (nSPS) is 14.0. The first kappa shape index (κ1) is 16.3. The first-order valence-electron chi connectivity index (χ1n) is 6.06. The van der Waals surface area contributed by atoms with Gasteiger partial charge in [-0.25, -0.2) is 4.98 Å². The molecule has 19 heavy (non-hydrogen) atoms. The van der Waals surface area contributed by atoms with Gasteiger partial charge in [0.15, 0.2) is 0 Å². The van der Waals surface area contributed by atoms with Crippen LogP contribution >= 0.6 is 23.2 Å². The Morgan fingerprint density at radius 1 is 1.26 bits per heavy atom. The third-order valence-electron chi connectivity index (χ3n) is 2.45. The van der Waals surface area contributed by atoms with E-state index in [2.05, 4.69) is 15.6 Å². The number of anilines is 2. The summed E-state index contributed by atoms with van der Waals surface area (Å²) in [5.74, 6) is 0.956. The van der Waals surface area contributed by atoms with Crippen LogP contribution in [0.3, 0.4) is 0 Å². The van der Waals surface area contributed by atoms with Crippen LogP contribution in [0.4, 0.5) is 11.6 Å². The zero-order valence-corrected chi connectivity index (χ0v) is 12.5. The van der Waals surface area contributed by atoms with E-state index in [0.717, 1.165) is 13.0 Å². The molecular formula is C12H19Cl2N3O2. The van der Waals surface area contributed by atoms with Gasteiger partial charge in [0.1, 0.15) is 17.2 Å². The zero-order chi connectivity index (χ0) is 14.5. The highest BCUT2D eigenvalue weighted by molar-refractivity contribution is 6.37. The van der Waals surface area contributed by atoms with Crippen LogP contribution in [0.5, 0.6) is 0 Å². The molecule has 0 radical (unpaired) electrons. The molecule has 0 aliphatic rings. The number of nitrogens with zero attached hydrogens (tertiary/aromatic N) is 1. The summed E-state index contributed by atoms with van der Waals surface area (Å²) in [5.41, 5.74) is -1.23. The van der Waals surface area contributed by atoms with Gasteiger partial charge in [0, 0.05) is 13.1 Å². The Balaban J connectivity index is 2.82. The van der Waals surface area contributed by atoms with E-state index in [1.54, 1.807) is 6.07 Å². The van der Waals surface area contributed by atoms with Crippen molar-refractivity contribution in [1.29, 1.82) is 0 Å². The van der Waals surface area contributed by atoms with Gasteiger partial charge in [-0.3, -0.25) is 0 Å². The average molecular weight is 308 g/mol. The Bertz CT molecular complexity index is 428. The summed E-state index contributed by atoms with van der Waals surface area (Å²) in [6.45, 7) is 4.08. The van der Waals surface area contributed by atoms with E-state index >= 15 is 0 Å². The average Bonchev–Trinajstić information content (AvgIpc) is 2.36. The van der Waals surface area contributed by atoms with Crippen molar-refractivity contribution in [2.75, 3.05) is 30.3 Å². The maximum atomic E-state index is 9.72. The molecule has 1 aromatic rings. The van der Waals surface area contributed by atoms with Crippen LogP contribution in [0.2, 0.25) is 10.0 Å². The summed E-state index contributed by atoms with van der Waals surface area (Å²) in [5, 5.41) is 25.5. The van der Waals surface area contributed by atoms with Crippen LogP contribution in [0.25, 0.3) is 0 Å². The van der Waals surface area contributed by atoms with Gasteiger partial charge >= 0.3 is 0 Å². The van der Waals surface area contributed by atoms with E-state index in [4.69, 9.17) is 28.3 Å². The molecule has 0 spiro atoms. The van der Waals surface area contributed by atoms with E-state index < -0.39 is 5.60 Å². The molecule has 1 heterocycles. The van der Waals surface area contributed by atoms with Crippen LogP contribution in [-0.2, 0) is 0 Å². The first-order chi connectivity index (χ1) is 8.89. The topological polar surface area (TPSA) is 77.4 Å². The molecule has 1 unspecified atom stereocenters. The molecule has 0 aliphatic heterocycles. The lowest BCUT2D eigenvalue weighted by molar-refractivity contribution is 0.0132. The predicted octanol–water partition coefficient (Wildman–Crippen LogP) is 2.37. The maximum Gasteiger partial charge on any atom is 0.147 e. The molecular weight excluding hydrogens is 289 g/mol. The molecule has 1 atom stereocenters. The Labute approximate surface area is 123 Å². The molecule has 0 saturated carbocycles. The Kier molecular flexibility index (Phi) is 6.13. The zero-order valence-electron chi connectivity index (χ0n) is 11.0. The third-order valence-corrected chi connectivity index (χ3v) is 3.03. The van der Waals surface area contributed by atoms with Crippen molar-refractivity contribution in [2.45, 2.75) is 25.9 Å². The fourth-order valence-corrected chi connectivity index (χ4v) is 1.78. The van der Waals surface area contributed by atoms with Crippen molar-refractivity contribution in [3.05, 3.63) is 16.1 Å². The molecule has 0 fully saturated rings. The second kappa shape index (κ2) is 7.14. The van der Waals surface area contributed by atoms with Crippen molar-refractivity contribution >= 4 is 34.8 Å². The smallest absolute Gasteiger partial charge is 0.147 e. The van der Waals surface area contributed by atoms with Gasteiger partial charge in [0.05, 0.1) is 16.7 Å². The summed E-state index contributed by atoms with van der Waals surface area (Å²) < 4.78 is 0. The Morgan fingerprint density at radius 3 is 2.37 bits per heavy atom. The number of hydrogen-bond donors (Lipinski definition) is 4. The van der Waals surface area contributed by atoms with Gasteiger partial charge in [-0.05, 0) is 19.4 Å². The lowest BCUT2D eigenvalue weighted by Crippen LogP contribution is -2.37. The highest BCUT2D eigenvalue weighted by Gasteiger charge is 2.19. The van der Waals surface area contributed by atoms with Gasteiger partial charge in [0.2, 0.25) is 0 Å². The molecule has 0 aliphatic carbocycles. The molecule has 1 rings (SSSR count). The van der Waals surface area contributed by atoms with E-state index in [-0.39, 0.29) is 13.2 Å². The number of aliphatic hydroxyl groups is 2. The van der Waals surface area contributed by atoms with Gasteiger partial charge in [-0.15, -0.1) is 0 Å². The molecule has 0 amide bonds. The van der Waals surface area contributed by atoms with E-state index in [1.807, 2.05) is 6.92 Å². The van der Waals surface area contributed by atoms with Crippen molar-refractivity contribution in [2.24, 2.45) is 0 Å². The van der Waals surface area contributed by atoms with E-state index in [9.17, 15) is 5.11 Å². The number of rotatable bonds is 7. The number of aliphatic hydroxyl groups excluding tert-OH is 1. The second-order valence-corrected chi connectivity index (χ2v) is 5.40. The largest absolute Gasteiger partial charge is 0.393 e. The second-order valence-electron chi connectivity index (χ2n) is 4.58. The van der Waals surface area contributed by atoms with Crippen LogP contribution < -0.4 is 10.6 Å². The summed E-state index contributed by atoms with van der Waals surface area (Å²) >= 11 is 12.1. The molecule has 7 heteroatoms. The summed E-state index contributed by atoms with van der Waals surface area (Å²) in [4.78, 5) is 4.27. The number of aromatic nitrogens is 1. The Morgan fingerprint density at radius 2 is 1.84 bits per heavy atom. The fourth-order valence-electron chi connectivity index (χ4n) is 1.29. The van der Waals surface area contributed by atoms with Crippen molar-refractivity contribution in [3.8, 4) is 0 Å². The number of hydrogen-bond acceptors (Lipinski definition) is 5. The molecule has 0 saturated heterocycles.